The average Bonchev–Trinajstić information content (AvgIpc) is 3.00. The van der Waals surface area contributed by atoms with E-state index in [0.29, 0.717) is 6.54 Å². The number of halogens is 2. The largest absolute Gasteiger partial charge is 0.340 e. The highest BCUT2D eigenvalue weighted by Gasteiger charge is 2.47. The fourth-order valence-corrected chi connectivity index (χ4v) is 1.66. The summed E-state index contributed by atoms with van der Waals surface area (Å²) in [5.41, 5.74) is 6.09. The molecule has 17 heavy (non-hydrogen) atoms. The van der Waals surface area contributed by atoms with E-state index < -0.39 is 5.54 Å². The predicted octanol–water partition coefficient (Wildman–Crippen LogP) is 1.70. The summed E-state index contributed by atoms with van der Waals surface area (Å²) in [6.45, 7) is 0.470. The van der Waals surface area contributed by atoms with E-state index in [1.54, 1.807) is 24.1 Å². The maximum Gasteiger partial charge on any atom is 0.242 e. The van der Waals surface area contributed by atoms with Crippen molar-refractivity contribution in [3.63, 3.8) is 0 Å². The highest BCUT2D eigenvalue weighted by Crippen LogP contribution is 2.34. The van der Waals surface area contributed by atoms with Crippen LogP contribution in [0.15, 0.2) is 24.3 Å². The molecule has 2 N–H and O–H groups in total. The van der Waals surface area contributed by atoms with Crippen LogP contribution in [0.4, 0.5) is 4.39 Å². The normalized spacial score (nSPS) is 15.9. The minimum Gasteiger partial charge on any atom is -0.340 e. The Morgan fingerprint density at radius 1 is 1.41 bits per heavy atom. The van der Waals surface area contributed by atoms with Crippen LogP contribution in [0.25, 0.3) is 0 Å². The molecular weight excluding hydrogens is 243 g/mol. The summed E-state index contributed by atoms with van der Waals surface area (Å²) in [7, 11) is 1.72. The van der Waals surface area contributed by atoms with Crippen molar-refractivity contribution in [1.29, 1.82) is 0 Å². The van der Waals surface area contributed by atoms with Gasteiger partial charge in [-0.2, -0.15) is 0 Å². The molecule has 1 aliphatic carbocycles. The van der Waals surface area contributed by atoms with E-state index in [4.69, 9.17) is 5.73 Å². The molecule has 0 radical (unpaired) electrons. The number of nitrogens with two attached hydrogens (primary N) is 1. The third kappa shape index (κ3) is 3.17. The van der Waals surface area contributed by atoms with Gasteiger partial charge in [0.1, 0.15) is 5.82 Å². The molecule has 1 aliphatic rings. The molecule has 0 aromatic heterocycles. The lowest BCUT2D eigenvalue weighted by Gasteiger charge is -2.20. The number of carbonyl (C=O) groups is 1. The SMILES string of the molecule is CN(Cc1ccc(F)cc1)C(=O)C1(N)CC1.Cl. The van der Waals surface area contributed by atoms with Gasteiger partial charge in [0.15, 0.2) is 0 Å². The van der Waals surface area contributed by atoms with E-state index in [2.05, 4.69) is 0 Å². The molecule has 0 heterocycles. The lowest BCUT2D eigenvalue weighted by Crippen LogP contribution is -2.43. The molecule has 0 aliphatic heterocycles. The predicted molar refractivity (Wildman–Crippen MR) is 66.3 cm³/mol. The van der Waals surface area contributed by atoms with Crippen molar-refractivity contribution >= 4 is 18.3 Å². The summed E-state index contributed by atoms with van der Waals surface area (Å²) < 4.78 is 12.7. The zero-order valence-electron chi connectivity index (χ0n) is 9.65. The summed E-state index contributed by atoms with van der Waals surface area (Å²) in [5.74, 6) is -0.299. The molecule has 0 bridgehead atoms. The fraction of sp³-hybridized carbons (Fsp3) is 0.417. The summed E-state index contributed by atoms with van der Waals surface area (Å²) in [5, 5.41) is 0. The molecule has 1 amide bonds. The highest BCUT2D eigenvalue weighted by molar-refractivity contribution is 5.88. The van der Waals surface area contributed by atoms with Crippen molar-refractivity contribution < 1.29 is 9.18 Å². The van der Waals surface area contributed by atoms with Crippen molar-refractivity contribution in [2.24, 2.45) is 5.73 Å². The van der Waals surface area contributed by atoms with E-state index in [1.165, 1.54) is 12.1 Å². The van der Waals surface area contributed by atoms with Crippen LogP contribution in [0.3, 0.4) is 0 Å². The number of amides is 1. The van der Waals surface area contributed by atoms with Crippen LogP contribution in [-0.4, -0.2) is 23.4 Å². The maximum atomic E-state index is 12.7. The van der Waals surface area contributed by atoms with Crippen LogP contribution < -0.4 is 5.73 Å². The van der Waals surface area contributed by atoms with Gasteiger partial charge in [0.2, 0.25) is 5.91 Å². The van der Waals surface area contributed by atoms with Crippen molar-refractivity contribution in [1.82, 2.24) is 4.90 Å². The van der Waals surface area contributed by atoms with E-state index in [0.717, 1.165) is 18.4 Å². The number of nitrogens with zero attached hydrogens (tertiary/aromatic N) is 1. The van der Waals surface area contributed by atoms with Gasteiger partial charge >= 0.3 is 0 Å². The molecule has 0 atom stereocenters. The van der Waals surface area contributed by atoms with Crippen molar-refractivity contribution in [3.8, 4) is 0 Å². The molecule has 1 aromatic carbocycles. The number of hydrogen-bond donors (Lipinski definition) is 1. The maximum absolute atomic E-state index is 12.7. The average molecular weight is 259 g/mol. The zero-order chi connectivity index (χ0) is 11.8. The van der Waals surface area contributed by atoms with Gasteiger partial charge in [0, 0.05) is 13.6 Å². The van der Waals surface area contributed by atoms with Gasteiger partial charge in [-0.05, 0) is 30.5 Å². The van der Waals surface area contributed by atoms with E-state index >= 15 is 0 Å². The van der Waals surface area contributed by atoms with E-state index in [-0.39, 0.29) is 24.1 Å². The standard InChI is InChI=1S/C12H15FN2O.ClH/c1-15(11(16)12(14)6-7-12)8-9-2-4-10(13)5-3-9;/h2-5H,6-8,14H2,1H3;1H. The number of benzene rings is 1. The molecule has 94 valence electrons. The Kier molecular flexibility index (Phi) is 4.11. The number of likely N-dealkylation sites (N-methyl/N-ethyl adjacent to an activating group) is 1. The third-order valence-corrected chi connectivity index (χ3v) is 2.89. The van der Waals surface area contributed by atoms with Crippen LogP contribution >= 0.6 is 12.4 Å². The molecule has 0 saturated heterocycles. The molecule has 3 nitrogen and oxygen atoms in total. The van der Waals surface area contributed by atoms with Crippen LogP contribution in [0, 0.1) is 5.82 Å². The lowest BCUT2D eigenvalue weighted by atomic mass is 10.2. The third-order valence-electron chi connectivity index (χ3n) is 2.89. The number of rotatable bonds is 3. The topological polar surface area (TPSA) is 46.3 Å². The van der Waals surface area contributed by atoms with Crippen molar-refractivity contribution in [2.45, 2.75) is 24.9 Å². The Balaban J connectivity index is 0.00000144. The van der Waals surface area contributed by atoms with Gasteiger partial charge in [-0.1, -0.05) is 12.1 Å². The second kappa shape index (κ2) is 5.02. The highest BCUT2D eigenvalue weighted by atomic mass is 35.5. The first-order chi connectivity index (χ1) is 7.51. The first kappa shape index (κ1) is 13.9. The van der Waals surface area contributed by atoms with Crippen LogP contribution in [-0.2, 0) is 11.3 Å². The molecule has 1 aromatic rings. The first-order valence-corrected chi connectivity index (χ1v) is 5.30. The monoisotopic (exact) mass is 258 g/mol. The summed E-state index contributed by atoms with van der Waals surface area (Å²) >= 11 is 0. The lowest BCUT2D eigenvalue weighted by molar-refractivity contribution is -0.132. The Bertz CT molecular complexity index is 403. The fourth-order valence-electron chi connectivity index (χ4n) is 1.66. The Hall–Kier alpha value is -1.13. The molecule has 2 rings (SSSR count). The van der Waals surface area contributed by atoms with Crippen molar-refractivity contribution in [2.75, 3.05) is 7.05 Å². The molecule has 1 fully saturated rings. The van der Waals surface area contributed by atoms with Crippen LogP contribution in [0.1, 0.15) is 18.4 Å². The smallest absolute Gasteiger partial charge is 0.242 e. The first-order valence-electron chi connectivity index (χ1n) is 5.30. The Morgan fingerprint density at radius 2 is 1.94 bits per heavy atom. The Morgan fingerprint density at radius 3 is 2.41 bits per heavy atom. The molecule has 0 unspecified atom stereocenters. The minimum absolute atomic E-state index is 0. The van der Waals surface area contributed by atoms with Gasteiger partial charge in [-0.3, -0.25) is 4.79 Å². The molecule has 5 heteroatoms. The summed E-state index contributed by atoms with van der Waals surface area (Å²) in [6.07, 6.45) is 1.53. The van der Waals surface area contributed by atoms with Gasteiger partial charge in [-0.25, -0.2) is 4.39 Å². The van der Waals surface area contributed by atoms with Gasteiger partial charge < -0.3 is 10.6 Å². The van der Waals surface area contributed by atoms with Gasteiger partial charge in [-0.15, -0.1) is 12.4 Å². The minimum atomic E-state index is -0.630. The quantitative estimate of drug-likeness (QED) is 0.897. The number of hydrogen-bond acceptors (Lipinski definition) is 2. The molecular formula is C12H16ClFN2O. The Labute approximate surface area is 106 Å². The van der Waals surface area contributed by atoms with Crippen LogP contribution in [0.2, 0.25) is 0 Å². The van der Waals surface area contributed by atoms with E-state index in [1.807, 2.05) is 0 Å². The van der Waals surface area contributed by atoms with Crippen LogP contribution in [0.5, 0.6) is 0 Å². The van der Waals surface area contributed by atoms with E-state index in [9.17, 15) is 9.18 Å². The molecule has 1 saturated carbocycles. The second-order valence-corrected chi connectivity index (χ2v) is 4.44. The number of carbonyl (C=O) groups excluding carboxylic acids is 1. The summed E-state index contributed by atoms with van der Waals surface area (Å²) in [4.78, 5) is 13.4. The zero-order valence-corrected chi connectivity index (χ0v) is 10.5. The van der Waals surface area contributed by atoms with Gasteiger partial charge in [0.05, 0.1) is 5.54 Å². The second-order valence-electron chi connectivity index (χ2n) is 4.44. The van der Waals surface area contributed by atoms with Crippen molar-refractivity contribution in [3.05, 3.63) is 35.6 Å². The molecule has 0 spiro atoms. The summed E-state index contributed by atoms with van der Waals surface area (Å²) in [6, 6.07) is 6.14. The van der Waals surface area contributed by atoms with Gasteiger partial charge in [0.25, 0.3) is 0 Å².